The number of hydrogen-bond acceptors (Lipinski definition) is 2. The number of likely N-dealkylation sites (tertiary alicyclic amines) is 2. The van der Waals surface area contributed by atoms with Crippen molar-refractivity contribution in [2.24, 2.45) is 5.92 Å². The number of piperidine rings is 2. The minimum Gasteiger partial charge on any atom is -0.339 e. The van der Waals surface area contributed by atoms with Crippen molar-refractivity contribution in [1.82, 2.24) is 9.80 Å². The quantitative estimate of drug-likeness (QED) is 0.421. The molecule has 1 aliphatic carbocycles. The molecule has 0 bridgehead atoms. The molecule has 2 amide bonds. The molecule has 0 N–H and O–H groups in total. The molecule has 2 aliphatic heterocycles. The Kier molecular flexibility index (Phi) is 6.52. The van der Waals surface area contributed by atoms with Crippen LogP contribution in [-0.2, 0) is 0 Å². The summed E-state index contributed by atoms with van der Waals surface area (Å²) >= 11 is 0. The highest BCUT2D eigenvalue weighted by Gasteiger charge is 2.36. The molecule has 1 saturated carbocycles. The van der Waals surface area contributed by atoms with Gasteiger partial charge >= 0.3 is 0 Å². The van der Waals surface area contributed by atoms with Crippen LogP contribution in [0.15, 0.2) is 66.7 Å². The SMILES string of the molecule is O=C(c1ccc(C(=O)N2CCC[C@@H]3CCCC[C@@H]32)c2ccccc12)N1CCC(c2ccccc2)CC1. The first-order chi connectivity index (χ1) is 17.7. The summed E-state index contributed by atoms with van der Waals surface area (Å²) in [6.07, 6.45) is 9.23. The van der Waals surface area contributed by atoms with Gasteiger partial charge in [-0.05, 0) is 78.8 Å². The molecule has 0 spiro atoms. The number of nitrogens with zero attached hydrogens (tertiary/aromatic N) is 2. The second-order valence-corrected chi connectivity index (χ2v) is 10.9. The zero-order chi connectivity index (χ0) is 24.5. The molecule has 2 saturated heterocycles. The van der Waals surface area contributed by atoms with E-state index in [1.165, 1.54) is 31.2 Å². The minimum atomic E-state index is 0.0852. The van der Waals surface area contributed by atoms with Gasteiger partial charge in [0.15, 0.2) is 0 Å². The Morgan fingerprint density at radius 3 is 1.94 bits per heavy atom. The molecular weight excluding hydrogens is 444 g/mol. The average molecular weight is 481 g/mol. The smallest absolute Gasteiger partial charge is 0.254 e. The van der Waals surface area contributed by atoms with Crippen LogP contribution in [0, 0.1) is 5.92 Å². The van der Waals surface area contributed by atoms with E-state index in [0.29, 0.717) is 17.9 Å². The first-order valence-corrected chi connectivity index (χ1v) is 13.9. The van der Waals surface area contributed by atoms with Crippen molar-refractivity contribution < 1.29 is 9.59 Å². The Hall–Kier alpha value is -3.14. The van der Waals surface area contributed by atoms with Crippen molar-refractivity contribution in [3.05, 3.63) is 83.4 Å². The molecule has 0 radical (unpaired) electrons. The largest absolute Gasteiger partial charge is 0.339 e. The number of carbonyl (C=O) groups is 2. The first-order valence-electron chi connectivity index (χ1n) is 13.9. The molecule has 0 unspecified atom stereocenters. The number of rotatable bonds is 3. The molecule has 6 rings (SSSR count). The number of hydrogen-bond donors (Lipinski definition) is 0. The second kappa shape index (κ2) is 10.1. The van der Waals surface area contributed by atoms with Crippen molar-refractivity contribution in [3.8, 4) is 0 Å². The number of amides is 2. The van der Waals surface area contributed by atoms with Crippen LogP contribution in [0.1, 0.15) is 83.6 Å². The van der Waals surface area contributed by atoms with Gasteiger partial charge in [0, 0.05) is 36.8 Å². The van der Waals surface area contributed by atoms with Crippen LogP contribution in [0.25, 0.3) is 10.8 Å². The highest BCUT2D eigenvalue weighted by atomic mass is 16.2. The summed E-state index contributed by atoms with van der Waals surface area (Å²) < 4.78 is 0. The molecule has 2 atom stereocenters. The van der Waals surface area contributed by atoms with Gasteiger partial charge in [0.2, 0.25) is 0 Å². The van der Waals surface area contributed by atoms with E-state index in [4.69, 9.17) is 0 Å². The van der Waals surface area contributed by atoms with E-state index in [2.05, 4.69) is 35.2 Å². The summed E-state index contributed by atoms with van der Waals surface area (Å²) in [5.41, 5.74) is 2.83. The summed E-state index contributed by atoms with van der Waals surface area (Å²) in [7, 11) is 0. The molecule has 186 valence electrons. The molecule has 36 heavy (non-hydrogen) atoms. The fourth-order valence-corrected chi connectivity index (χ4v) is 7.02. The predicted molar refractivity (Wildman–Crippen MR) is 144 cm³/mol. The Bertz CT molecular complexity index is 1240. The van der Waals surface area contributed by atoms with Gasteiger partial charge in [-0.15, -0.1) is 0 Å². The molecule has 3 aliphatic rings. The molecule has 4 heteroatoms. The molecule has 3 aromatic carbocycles. The van der Waals surface area contributed by atoms with Gasteiger partial charge in [0.1, 0.15) is 0 Å². The second-order valence-electron chi connectivity index (χ2n) is 10.9. The molecular formula is C32H36N2O2. The van der Waals surface area contributed by atoms with E-state index in [9.17, 15) is 9.59 Å². The van der Waals surface area contributed by atoms with Crippen LogP contribution in [-0.4, -0.2) is 47.3 Å². The molecule has 4 nitrogen and oxygen atoms in total. The van der Waals surface area contributed by atoms with Crippen LogP contribution in [0.5, 0.6) is 0 Å². The van der Waals surface area contributed by atoms with Gasteiger partial charge in [-0.25, -0.2) is 0 Å². The normalized spacial score (nSPS) is 22.9. The summed E-state index contributed by atoms with van der Waals surface area (Å²) in [5.74, 6) is 1.40. The van der Waals surface area contributed by atoms with E-state index in [1.54, 1.807) is 0 Å². The third-order valence-electron chi connectivity index (χ3n) is 8.94. The Morgan fingerprint density at radius 2 is 1.22 bits per heavy atom. The van der Waals surface area contributed by atoms with E-state index >= 15 is 0 Å². The summed E-state index contributed by atoms with van der Waals surface area (Å²) in [4.78, 5) is 31.7. The lowest BCUT2D eigenvalue weighted by Crippen LogP contribution is -2.49. The van der Waals surface area contributed by atoms with E-state index in [-0.39, 0.29) is 11.8 Å². The van der Waals surface area contributed by atoms with Gasteiger partial charge < -0.3 is 9.80 Å². The maximum atomic E-state index is 13.9. The third kappa shape index (κ3) is 4.31. The van der Waals surface area contributed by atoms with Gasteiger partial charge in [0.05, 0.1) is 0 Å². The van der Waals surface area contributed by atoms with Crippen molar-refractivity contribution >= 4 is 22.6 Å². The number of carbonyl (C=O) groups excluding carboxylic acids is 2. The molecule has 3 fully saturated rings. The van der Waals surface area contributed by atoms with Gasteiger partial charge in [-0.1, -0.05) is 67.4 Å². The predicted octanol–water partition coefficient (Wildman–Crippen LogP) is 6.65. The maximum Gasteiger partial charge on any atom is 0.254 e. The van der Waals surface area contributed by atoms with E-state index < -0.39 is 0 Å². The Morgan fingerprint density at radius 1 is 0.611 bits per heavy atom. The fraction of sp³-hybridized carbons (Fsp3) is 0.438. The van der Waals surface area contributed by atoms with Crippen LogP contribution in [0.2, 0.25) is 0 Å². The molecule has 2 heterocycles. The highest BCUT2D eigenvalue weighted by molar-refractivity contribution is 6.14. The molecule has 3 aromatic rings. The topological polar surface area (TPSA) is 40.6 Å². The summed E-state index contributed by atoms with van der Waals surface area (Å²) in [5, 5.41) is 1.81. The zero-order valence-corrected chi connectivity index (χ0v) is 21.1. The lowest BCUT2D eigenvalue weighted by atomic mass is 9.78. The zero-order valence-electron chi connectivity index (χ0n) is 21.1. The number of fused-ring (bicyclic) bond motifs is 2. The van der Waals surface area contributed by atoms with Gasteiger partial charge in [-0.3, -0.25) is 9.59 Å². The van der Waals surface area contributed by atoms with Crippen LogP contribution < -0.4 is 0 Å². The van der Waals surface area contributed by atoms with Crippen LogP contribution in [0.3, 0.4) is 0 Å². The third-order valence-corrected chi connectivity index (χ3v) is 8.94. The van der Waals surface area contributed by atoms with Crippen molar-refractivity contribution in [2.75, 3.05) is 19.6 Å². The maximum absolute atomic E-state index is 13.9. The van der Waals surface area contributed by atoms with Crippen LogP contribution in [0.4, 0.5) is 0 Å². The lowest BCUT2D eigenvalue weighted by molar-refractivity contribution is 0.0392. The Labute approximate surface area is 214 Å². The minimum absolute atomic E-state index is 0.0852. The monoisotopic (exact) mass is 480 g/mol. The van der Waals surface area contributed by atoms with Crippen molar-refractivity contribution in [3.63, 3.8) is 0 Å². The van der Waals surface area contributed by atoms with Crippen molar-refractivity contribution in [1.29, 1.82) is 0 Å². The standard InChI is InChI=1S/C32H36N2O2/c35-31(33-21-18-24(19-22-33)23-9-2-1-3-10-23)28-16-17-29(27-14-6-5-13-26(27)28)32(36)34-20-8-12-25-11-4-7-15-30(25)34/h1-3,5-6,9-10,13-14,16-17,24-25,30H,4,7-8,11-12,15,18-22H2/t25-,30-/m0/s1. The lowest BCUT2D eigenvalue weighted by Gasteiger charge is -2.44. The van der Waals surface area contributed by atoms with E-state index in [0.717, 1.165) is 67.2 Å². The summed E-state index contributed by atoms with van der Waals surface area (Å²) in [6, 6.07) is 22.8. The van der Waals surface area contributed by atoms with Crippen LogP contribution >= 0.6 is 0 Å². The van der Waals surface area contributed by atoms with E-state index in [1.807, 2.05) is 41.3 Å². The first kappa shape index (κ1) is 23.3. The number of benzene rings is 3. The Balaban J connectivity index is 1.24. The highest BCUT2D eigenvalue weighted by Crippen LogP contribution is 2.37. The van der Waals surface area contributed by atoms with Gasteiger partial charge in [0.25, 0.3) is 11.8 Å². The average Bonchev–Trinajstić information content (AvgIpc) is 2.96. The molecule has 0 aromatic heterocycles. The summed E-state index contributed by atoms with van der Waals surface area (Å²) in [6.45, 7) is 2.39. The van der Waals surface area contributed by atoms with Crippen molar-refractivity contribution in [2.45, 2.75) is 63.3 Å². The fourth-order valence-electron chi connectivity index (χ4n) is 7.02. The van der Waals surface area contributed by atoms with Gasteiger partial charge in [-0.2, -0.15) is 0 Å².